The van der Waals surface area contributed by atoms with E-state index in [-0.39, 0.29) is 5.91 Å². The van der Waals surface area contributed by atoms with Gasteiger partial charge in [0, 0.05) is 11.8 Å². The summed E-state index contributed by atoms with van der Waals surface area (Å²) < 4.78 is 5.15. The van der Waals surface area contributed by atoms with Crippen molar-refractivity contribution in [2.24, 2.45) is 5.73 Å². The molecule has 0 aliphatic heterocycles. The van der Waals surface area contributed by atoms with Gasteiger partial charge in [-0.15, -0.1) is 0 Å². The molecule has 1 unspecified atom stereocenters. The van der Waals surface area contributed by atoms with E-state index in [1.54, 1.807) is 24.2 Å². The fourth-order valence-electron chi connectivity index (χ4n) is 1.97. The largest absolute Gasteiger partial charge is 0.440 e. The van der Waals surface area contributed by atoms with Crippen LogP contribution in [0.4, 0.5) is 0 Å². The smallest absolute Gasteiger partial charge is 0.255 e. The number of nitrogens with zero attached hydrogens (tertiary/aromatic N) is 1. The average molecular weight is 283 g/mol. The van der Waals surface area contributed by atoms with E-state index in [2.05, 4.69) is 10.3 Å². The van der Waals surface area contributed by atoms with Crippen LogP contribution in [0.1, 0.15) is 39.0 Å². The fraction of sp³-hybridized carbons (Fsp3) is 0.692. The van der Waals surface area contributed by atoms with Crippen LogP contribution in [0.3, 0.4) is 0 Å². The number of carbonyl (C=O) groups is 1. The van der Waals surface area contributed by atoms with E-state index in [1.807, 2.05) is 6.92 Å². The molecule has 0 saturated heterocycles. The topological polar surface area (TPSA) is 81.2 Å². The number of oxazole rings is 1. The molecule has 1 aliphatic carbocycles. The zero-order valence-corrected chi connectivity index (χ0v) is 12.0. The van der Waals surface area contributed by atoms with Crippen molar-refractivity contribution in [1.82, 2.24) is 10.3 Å². The van der Waals surface area contributed by atoms with Crippen molar-refractivity contribution < 1.29 is 9.21 Å². The molecule has 1 amide bonds. The summed E-state index contributed by atoms with van der Waals surface area (Å²) in [5, 5.41) is 4.06. The monoisotopic (exact) mass is 283 g/mol. The Balaban J connectivity index is 1.65. The molecule has 19 heavy (non-hydrogen) atoms. The van der Waals surface area contributed by atoms with Crippen LogP contribution in [-0.4, -0.2) is 28.2 Å². The molecule has 1 heterocycles. The molecule has 2 rings (SSSR count). The SMILES string of the molecule is CC(CCCCSc1ncco1)(NC1CC1)C(N)=O. The molecule has 0 aromatic carbocycles. The predicted molar refractivity (Wildman–Crippen MR) is 74.8 cm³/mol. The summed E-state index contributed by atoms with van der Waals surface area (Å²) in [5.41, 5.74) is 4.95. The van der Waals surface area contributed by atoms with Crippen molar-refractivity contribution in [3.63, 3.8) is 0 Å². The maximum absolute atomic E-state index is 11.6. The van der Waals surface area contributed by atoms with E-state index in [9.17, 15) is 4.79 Å². The Kier molecular flexibility index (Phi) is 4.87. The minimum Gasteiger partial charge on any atom is -0.440 e. The standard InChI is InChI=1S/C13H21N3O2S/c1-13(11(14)17,16-10-4-5-10)6-2-3-9-19-12-15-7-8-18-12/h7-8,10,16H,2-6,9H2,1H3,(H2,14,17). The first kappa shape index (κ1) is 14.4. The number of hydrogen-bond donors (Lipinski definition) is 2. The van der Waals surface area contributed by atoms with Gasteiger partial charge in [-0.3, -0.25) is 4.79 Å². The molecule has 0 spiro atoms. The first-order valence-electron chi connectivity index (χ1n) is 6.70. The Bertz CT molecular complexity index is 406. The molecule has 1 saturated carbocycles. The number of amides is 1. The lowest BCUT2D eigenvalue weighted by molar-refractivity contribution is -0.124. The second-order valence-electron chi connectivity index (χ2n) is 5.22. The molecule has 3 N–H and O–H groups in total. The summed E-state index contributed by atoms with van der Waals surface area (Å²) in [6.07, 6.45) is 8.30. The third-order valence-electron chi connectivity index (χ3n) is 3.35. The predicted octanol–water partition coefficient (Wildman–Crippen LogP) is 1.93. The van der Waals surface area contributed by atoms with Crippen LogP contribution in [0.25, 0.3) is 0 Å². The minimum atomic E-state index is -0.561. The van der Waals surface area contributed by atoms with Gasteiger partial charge in [0.2, 0.25) is 5.91 Å². The summed E-state index contributed by atoms with van der Waals surface area (Å²) >= 11 is 1.60. The first-order chi connectivity index (χ1) is 9.10. The summed E-state index contributed by atoms with van der Waals surface area (Å²) in [5.74, 6) is 0.693. The lowest BCUT2D eigenvalue weighted by atomic mass is 9.94. The molecule has 6 heteroatoms. The Labute approximate surface area is 117 Å². The molecule has 1 atom stereocenters. The molecule has 0 bridgehead atoms. The summed E-state index contributed by atoms with van der Waals surface area (Å²) in [4.78, 5) is 15.6. The van der Waals surface area contributed by atoms with Crippen molar-refractivity contribution in [3.8, 4) is 0 Å². The molecule has 1 aromatic heterocycles. The van der Waals surface area contributed by atoms with Gasteiger partial charge in [0.1, 0.15) is 6.26 Å². The van der Waals surface area contributed by atoms with Crippen molar-refractivity contribution in [1.29, 1.82) is 0 Å². The quantitative estimate of drug-likeness (QED) is 0.534. The van der Waals surface area contributed by atoms with Crippen molar-refractivity contribution in [3.05, 3.63) is 12.5 Å². The first-order valence-corrected chi connectivity index (χ1v) is 7.68. The zero-order chi connectivity index (χ0) is 13.7. The van der Waals surface area contributed by atoms with Crippen LogP contribution in [0.5, 0.6) is 0 Å². The highest BCUT2D eigenvalue weighted by Crippen LogP contribution is 2.25. The van der Waals surface area contributed by atoms with Gasteiger partial charge in [-0.05, 0) is 32.6 Å². The van der Waals surface area contributed by atoms with E-state index in [0.717, 1.165) is 37.9 Å². The number of nitrogens with two attached hydrogens (primary N) is 1. The van der Waals surface area contributed by atoms with E-state index >= 15 is 0 Å². The van der Waals surface area contributed by atoms with Gasteiger partial charge in [-0.1, -0.05) is 18.2 Å². The second-order valence-corrected chi connectivity index (χ2v) is 6.26. The molecule has 0 radical (unpaired) electrons. The lowest BCUT2D eigenvalue weighted by Gasteiger charge is -2.27. The van der Waals surface area contributed by atoms with E-state index in [4.69, 9.17) is 10.2 Å². The maximum atomic E-state index is 11.6. The van der Waals surface area contributed by atoms with Crippen LogP contribution in [0.2, 0.25) is 0 Å². The number of carbonyl (C=O) groups excluding carboxylic acids is 1. The third kappa shape index (κ3) is 4.54. The van der Waals surface area contributed by atoms with Crippen molar-refractivity contribution in [2.45, 2.75) is 55.8 Å². The highest BCUT2D eigenvalue weighted by atomic mass is 32.2. The normalized spacial score (nSPS) is 18.2. The summed E-state index contributed by atoms with van der Waals surface area (Å²) in [7, 11) is 0. The van der Waals surface area contributed by atoms with Gasteiger partial charge in [0.25, 0.3) is 5.22 Å². The number of aromatic nitrogens is 1. The Hall–Kier alpha value is -1.01. The van der Waals surface area contributed by atoms with Crippen LogP contribution >= 0.6 is 11.8 Å². The number of unbranched alkanes of at least 4 members (excludes halogenated alkanes) is 1. The summed E-state index contributed by atoms with van der Waals surface area (Å²) in [6.45, 7) is 1.91. The number of thioether (sulfide) groups is 1. The number of hydrogen-bond acceptors (Lipinski definition) is 5. The van der Waals surface area contributed by atoms with Crippen LogP contribution in [0.15, 0.2) is 22.1 Å². The van der Waals surface area contributed by atoms with Gasteiger partial charge < -0.3 is 15.5 Å². The highest BCUT2D eigenvalue weighted by molar-refractivity contribution is 7.99. The molecule has 5 nitrogen and oxygen atoms in total. The second kappa shape index (κ2) is 6.43. The van der Waals surface area contributed by atoms with Gasteiger partial charge in [0.05, 0.1) is 11.7 Å². The number of primary amides is 1. The van der Waals surface area contributed by atoms with Crippen LogP contribution in [-0.2, 0) is 4.79 Å². The zero-order valence-electron chi connectivity index (χ0n) is 11.2. The Morgan fingerprint density at radius 1 is 1.63 bits per heavy atom. The number of rotatable bonds is 9. The Morgan fingerprint density at radius 2 is 2.42 bits per heavy atom. The molecular weight excluding hydrogens is 262 g/mol. The number of nitrogens with one attached hydrogen (secondary N) is 1. The molecule has 1 aliphatic rings. The van der Waals surface area contributed by atoms with Crippen molar-refractivity contribution >= 4 is 17.7 Å². The fourth-order valence-corrected chi connectivity index (χ4v) is 2.75. The third-order valence-corrected chi connectivity index (χ3v) is 4.29. The van der Waals surface area contributed by atoms with Gasteiger partial charge >= 0.3 is 0 Å². The Morgan fingerprint density at radius 3 is 3.00 bits per heavy atom. The van der Waals surface area contributed by atoms with Crippen LogP contribution < -0.4 is 11.1 Å². The highest BCUT2D eigenvalue weighted by Gasteiger charge is 2.36. The van der Waals surface area contributed by atoms with E-state index in [0.29, 0.717) is 11.3 Å². The van der Waals surface area contributed by atoms with E-state index < -0.39 is 5.54 Å². The lowest BCUT2D eigenvalue weighted by Crippen LogP contribution is -2.53. The van der Waals surface area contributed by atoms with Gasteiger partial charge in [-0.25, -0.2) is 4.98 Å². The van der Waals surface area contributed by atoms with Gasteiger partial charge in [0.15, 0.2) is 0 Å². The van der Waals surface area contributed by atoms with E-state index in [1.165, 1.54) is 0 Å². The summed E-state index contributed by atoms with van der Waals surface area (Å²) in [6, 6.07) is 0.485. The minimum absolute atomic E-state index is 0.250. The average Bonchev–Trinajstić information content (AvgIpc) is 3.02. The molecule has 1 fully saturated rings. The molecular formula is C13H21N3O2S. The maximum Gasteiger partial charge on any atom is 0.255 e. The van der Waals surface area contributed by atoms with Gasteiger partial charge in [-0.2, -0.15) is 0 Å². The van der Waals surface area contributed by atoms with Crippen LogP contribution in [0, 0.1) is 0 Å². The molecule has 106 valence electrons. The molecule has 1 aromatic rings. The van der Waals surface area contributed by atoms with Crippen molar-refractivity contribution in [2.75, 3.05) is 5.75 Å².